The Morgan fingerprint density at radius 2 is 2.05 bits per heavy atom. The van der Waals surface area contributed by atoms with Crippen molar-refractivity contribution >= 4 is 24.1 Å². The summed E-state index contributed by atoms with van der Waals surface area (Å²) in [5.74, 6) is -0.769. The number of rotatable bonds is 4. The number of carbonyl (C=O) groups is 1. The third-order valence-corrected chi connectivity index (χ3v) is 4.06. The van der Waals surface area contributed by atoms with Crippen molar-refractivity contribution in [2.75, 3.05) is 13.1 Å². The van der Waals surface area contributed by atoms with Crippen LogP contribution in [0.15, 0.2) is 34.9 Å². The first-order chi connectivity index (χ1) is 10.6. The molecular weight excluding hydrogens is 283 g/mol. The van der Waals surface area contributed by atoms with E-state index in [2.05, 4.69) is 5.32 Å². The van der Waals surface area contributed by atoms with Crippen LogP contribution in [0.2, 0.25) is 0 Å². The van der Waals surface area contributed by atoms with Crippen molar-refractivity contribution < 1.29 is 19.3 Å². The molecule has 0 radical (unpaired) electrons. The Kier molecular flexibility index (Phi) is 4.35. The zero-order valence-electron chi connectivity index (χ0n) is 12.2. The van der Waals surface area contributed by atoms with Crippen molar-refractivity contribution in [2.45, 2.75) is 25.2 Å². The molecule has 1 saturated heterocycles. The van der Waals surface area contributed by atoms with Crippen molar-refractivity contribution in [1.29, 1.82) is 0 Å². The summed E-state index contributed by atoms with van der Waals surface area (Å²) < 4.78 is 5.45. The van der Waals surface area contributed by atoms with Crippen LogP contribution >= 0.6 is 0 Å². The number of hydrogen-bond donors (Lipinski definition) is 3. The van der Waals surface area contributed by atoms with Crippen LogP contribution in [0.25, 0.3) is 11.0 Å². The van der Waals surface area contributed by atoms with Crippen molar-refractivity contribution in [3.05, 3.63) is 36.1 Å². The number of furan rings is 1. The first-order valence-corrected chi connectivity index (χ1v) is 7.52. The van der Waals surface area contributed by atoms with Gasteiger partial charge in [-0.3, -0.25) is 0 Å². The second-order valence-electron chi connectivity index (χ2n) is 5.62. The van der Waals surface area contributed by atoms with Gasteiger partial charge in [-0.25, -0.2) is 4.79 Å². The molecule has 3 rings (SSSR count). The van der Waals surface area contributed by atoms with E-state index in [1.165, 1.54) is 0 Å². The molecule has 1 aliphatic rings. The van der Waals surface area contributed by atoms with E-state index in [0.29, 0.717) is 19.5 Å². The van der Waals surface area contributed by atoms with Gasteiger partial charge in [0.2, 0.25) is 0 Å². The Balaban J connectivity index is 1.72. The van der Waals surface area contributed by atoms with E-state index in [4.69, 9.17) is 4.42 Å². The van der Waals surface area contributed by atoms with Gasteiger partial charge in [-0.05, 0) is 30.9 Å². The molecule has 0 saturated carbocycles. The second kappa shape index (κ2) is 6.42. The lowest BCUT2D eigenvalue weighted by Gasteiger charge is -2.22. The maximum atomic E-state index is 12.1. The number of para-hydroxylation sites is 1. The summed E-state index contributed by atoms with van der Waals surface area (Å²) in [5.41, 5.74) is 1.59. The van der Waals surface area contributed by atoms with Crippen LogP contribution in [0.1, 0.15) is 18.4 Å². The number of nitrogens with zero attached hydrogens (tertiary/aromatic N) is 1. The molecule has 6 nitrogen and oxygen atoms in total. The summed E-state index contributed by atoms with van der Waals surface area (Å²) in [6.07, 6.45) is 3.88. The number of hydrogen-bond acceptors (Lipinski definition) is 4. The molecule has 1 aromatic carbocycles. The molecule has 1 fully saturated rings. The van der Waals surface area contributed by atoms with E-state index in [1.807, 2.05) is 24.3 Å². The maximum absolute atomic E-state index is 12.1. The number of carbonyl (C=O) groups excluding carboxylic acids is 1. The average Bonchev–Trinajstić information content (AvgIpc) is 3.16. The molecule has 0 aliphatic carbocycles. The Labute approximate surface area is 128 Å². The smallest absolute Gasteiger partial charge is 0.464 e. The van der Waals surface area contributed by atoms with Gasteiger partial charge in [0.1, 0.15) is 5.58 Å². The molecule has 2 aromatic rings. The van der Waals surface area contributed by atoms with E-state index in [-0.39, 0.29) is 6.03 Å². The fourth-order valence-corrected chi connectivity index (χ4v) is 2.83. The van der Waals surface area contributed by atoms with Gasteiger partial charge in [0, 0.05) is 18.5 Å². The van der Waals surface area contributed by atoms with Crippen LogP contribution in [0.3, 0.4) is 0 Å². The Hall–Kier alpha value is -1.99. The van der Waals surface area contributed by atoms with Gasteiger partial charge in [-0.1, -0.05) is 18.2 Å². The lowest BCUT2D eigenvalue weighted by molar-refractivity contribution is 0.205. The third kappa shape index (κ3) is 3.10. The predicted molar refractivity (Wildman–Crippen MR) is 83.2 cm³/mol. The Morgan fingerprint density at radius 3 is 2.77 bits per heavy atom. The van der Waals surface area contributed by atoms with Crippen molar-refractivity contribution in [2.24, 2.45) is 0 Å². The van der Waals surface area contributed by atoms with E-state index in [0.717, 1.165) is 29.4 Å². The summed E-state index contributed by atoms with van der Waals surface area (Å²) in [6, 6.07) is 7.30. The zero-order chi connectivity index (χ0) is 15.5. The van der Waals surface area contributed by atoms with Crippen LogP contribution in [0.4, 0.5) is 4.79 Å². The molecule has 2 amide bonds. The first-order valence-electron chi connectivity index (χ1n) is 7.52. The van der Waals surface area contributed by atoms with Gasteiger partial charge in [0.15, 0.2) is 0 Å². The van der Waals surface area contributed by atoms with E-state index >= 15 is 0 Å². The zero-order valence-corrected chi connectivity index (χ0v) is 12.2. The summed E-state index contributed by atoms with van der Waals surface area (Å²) in [7, 11) is -1.62. The molecule has 1 atom stereocenters. The molecule has 22 heavy (non-hydrogen) atoms. The minimum Gasteiger partial charge on any atom is -0.464 e. The van der Waals surface area contributed by atoms with Gasteiger partial charge in [-0.2, -0.15) is 0 Å². The number of amides is 2. The minimum absolute atomic E-state index is 0.247. The monoisotopic (exact) mass is 302 g/mol. The van der Waals surface area contributed by atoms with Gasteiger partial charge in [0.25, 0.3) is 0 Å². The van der Waals surface area contributed by atoms with Crippen molar-refractivity contribution in [3.63, 3.8) is 0 Å². The highest BCUT2D eigenvalue weighted by Crippen LogP contribution is 2.22. The van der Waals surface area contributed by atoms with E-state index in [9.17, 15) is 14.8 Å². The molecular formula is C15H19BN2O4. The first kappa shape index (κ1) is 14.9. The quantitative estimate of drug-likeness (QED) is 0.740. The highest BCUT2D eigenvalue weighted by atomic mass is 16.4. The van der Waals surface area contributed by atoms with Gasteiger partial charge >= 0.3 is 13.1 Å². The maximum Gasteiger partial charge on any atom is 0.475 e. The highest BCUT2D eigenvalue weighted by molar-refractivity contribution is 6.43. The summed E-state index contributed by atoms with van der Waals surface area (Å²) in [4.78, 5) is 13.8. The summed E-state index contributed by atoms with van der Waals surface area (Å²) in [6.45, 7) is 1.43. The number of likely N-dealkylation sites (tertiary alicyclic amines) is 1. The molecule has 2 heterocycles. The van der Waals surface area contributed by atoms with Crippen molar-refractivity contribution in [1.82, 2.24) is 10.2 Å². The standard InChI is InChI=1S/C15H19BN2O4/c19-15(18-7-3-4-8-18)17-14(16(20)21)9-11-10-22-13-6-2-1-5-12(11)13/h1-2,5-6,10,14,20-21H,3-4,7-9H2,(H,17,19)/t14-/m0/s1. The molecule has 116 valence electrons. The van der Waals surface area contributed by atoms with Crippen LogP contribution in [0.5, 0.6) is 0 Å². The third-order valence-electron chi connectivity index (χ3n) is 4.06. The average molecular weight is 302 g/mol. The van der Waals surface area contributed by atoms with Crippen LogP contribution in [-0.2, 0) is 6.42 Å². The predicted octanol–water partition coefficient (Wildman–Crippen LogP) is 1.16. The number of nitrogens with one attached hydrogen (secondary N) is 1. The van der Waals surface area contributed by atoms with Gasteiger partial charge in [-0.15, -0.1) is 0 Å². The number of fused-ring (bicyclic) bond motifs is 1. The molecule has 3 N–H and O–H groups in total. The molecule has 0 bridgehead atoms. The van der Waals surface area contributed by atoms with Crippen molar-refractivity contribution in [3.8, 4) is 0 Å². The summed E-state index contributed by atoms with van der Waals surface area (Å²) in [5, 5.41) is 22.8. The minimum atomic E-state index is -1.62. The van der Waals surface area contributed by atoms with Gasteiger partial charge in [0.05, 0.1) is 12.2 Å². The Morgan fingerprint density at radius 1 is 1.32 bits per heavy atom. The molecule has 1 aromatic heterocycles. The largest absolute Gasteiger partial charge is 0.475 e. The Bertz CT molecular complexity index is 652. The molecule has 0 spiro atoms. The SMILES string of the molecule is O=C(N[C@@H](Cc1coc2ccccc12)B(O)O)N1CCCC1. The van der Waals surface area contributed by atoms with Crippen LogP contribution in [0, 0.1) is 0 Å². The van der Waals surface area contributed by atoms with Crippen LogP contribution < -0.4 is 5.32 Å². The summed E-state index contributed by atoms with van der Waals surface area (Å²) >= 11 is 0. The fourth-order valence-electron chi connectivity index (χ4n) is 2.83. The second-order valence-corrected chi connectivity index (χ2v) is 5.62. The van der Waals surface area contributed by atoms with E-state index in [1.54, 1.807) is 11.2 Å². The highest BCUT2D eigenvalue weighted by Gasteiger charge is 2.29. The van der Waals surface area contributed by atoms with E-state index < -0.39 is 13.1 Å². The lowest BCUT2D eigenvalue weighted by atomic mass is 9.76. The lowest BCUT2D eigenvalue weighted by Crippen LogP contribution is -2.51. The topological polar surface area (TPSA) is 85.9 Å². The number of benzene rings is 1. The number of urea groups is 1. The normalized spacial score (nSPS) is 16.0. The fraction of sp³-hybridized carbons (Fsp3) is 0.400. The molecule has 7 heteroatoms. The van der Waals surface area contributed by atoms with Crippen LogP contribution in [-0.4, -0.2) is 47.1 Å². The molecule has 1 aliphatic heterocycles. The molecule has 0 unspecified atom stereocenters. The van der Waals surface area contributed by atoms with Gasteiger partial charge < -0.3 is 24.7 Å².